The van der Waals surface area contributed by atoms with Gasteiger partial charge in [0.25, 0.3) is 0 Å². The summed E-state index contributed by atoms with van der Waals surface area (Å²) in [7, 11) is 0. The van der Waals surface area contributed by atoms with Crippen LogP contribution in [0.1, 0.15) is 13.8 Å². The zero-order valence-corrected chi connectivity index (χ0v) is 11.5. The van der Waals surface area contributed by atoms with Crippen LogP contribution in [-0.2, 0) is 4.74 Å². The predicted molar refractivity (Wildman–Crippen MR) is 68.7 cm³/mol. The lowest BCUT2D eigenvalue weighted by Crippen LogP contribution is -2.13. The van der Waals surface area contributed by atoms with Crippen LogP contribution in [0.2, 0.25) is 0 Å². The van der Waals surface area contributed by atoms with Gasteiger partial charge in [-0.1, -0.05) is 13.8 Å². The summed E-state index contributed by atoms with van der Waals surface area (Å²) in [5.41, 5.74) is 2.44. The Morgan fingerprint density at radius 1 is 1.41 bits per heavy atom. The van der Waals surface area contributed by atoms with Gasteiger partial charge in [0.1, 0.15) is 17.4 Å². The van der Waals surface area contributed by atoms with Crippen molar-refractivity contribution >= 4 is 21.7 Å². The molecule has 96 valence electrons. The molecule has 0 amide bonds. The first-order valence-corrected chi connectivity index (χ1v) is 6.12. The van der Waals surface area contributed by atoms with E-state index in [1.54, 1.807) is 0 Å². The molecule has 0 radical (unpaired) electrons. The summed E-state index contributed by atoms with van der Waals surface area (Å²) in [6.45, 7) is 5.89. The molecule has 6 nitrogen and oxygen atoms in total. The van der Waals surface area contributed by atoms with Crippen LogP contribution in [0.3, 0.4) is 0 Å². The monoisotopic (exact) mass is 304 g/mol. The average Bonchev–Trinajstić information content (AvgIpc) is 2.30. The molecule has 0 fully saturated rings. The molecule has 0 bridgehead atoms. The van der Waals surface area contributed by atoms with Crippen LogP contribution in [0.4, 0.5) is 5.82 Å². The van der Waals surface area contributed by atoms with Gasteiger partial charge in [0.05, 0.1) is 6.61 Å². The summed E-state index contributed by atoms with van der Waals surface area (Å²) in [5.74, 6) is 6.73. The highest BCUT2D eigenvalue weighted by molar-refractivity contribution is 9.10. The molecule has 0 aliphatic rings. The molecule has 0 saturated carbocycles. The lowest BCUT2D eigenvalue weighted by atomic mass is 10.2. The Balaban J connectivity index is 2.36. The van der Waals surface area contributed by atoms with E-state index in [1.165, 1.54) is 6.33 Å². The van der Waals surface area contributed by atoms with Crippen molar-refractivity contribution in [2.75, 3.05) is 25.2 Å². The smallest absolute Gasteiger partial charge is 0.233 e. The Labute approximate surface area is 109 Å². The van der Waals surface area contributed by atoms with Gasteiger partial charge in [-0.25, -0.2) is 15.8 Å². The Morgan fingerprint density at radius 2 is 2.18 bits per heavy atom. The number of nitrogens with zero attached hydrogens (tertiary/aromatic N) is 2. The number of halogens is 1. The Morgan fingerprint density at radius 3 is 2.82 bits per heavy atom. The number of hydrogen-bond donors (Lipinski definition) is 2. The molecular weight excluding hydrogens is 288 g/mol. The Bertz CT molecular complexity index is 349. The van der Waals surface area contributed by atoms with Gasteiger partial charge in [-0.2, -0.15) is 0 Å². The molecule has 0 unspecified atom stereocenters. The molecule has 17 heavy (non-hydrogen) atoms. The average molecular weight is 305 g/mol. The van der Waals surface area contributed by atoms with Gasteiger partial charge < -0.3 is 14.9 Å². The van der Waals surface area contributed by atoms with Crippen molar-refractivity contribution in [3.05, 3.63) is 10.8 Å². The van der Waals surface area contributed by atoms with Crippen molar-refractivity contribution in [2.24, 2.45) is 11.8 Å². The summed E-state index contributed by atoms with van der Waals surface area (Å²) in [6.07, 6.45) is 1.38. The van der Waals surface area contributed by atoms with E-state index in [4.69, 9.17) is 15.3 Å². The van der Waals surface area contributed by atoms with E-state index in [0.29, 0.717) is 35.3 Å². The van der Waals surface area contributed by atoms with Gasteiger partial charge >= 0.3 is 0 Å². The van der Waals surface area contributed by atoms with Crippen molar-refractivity contribution in [3.63, 3.8) is 0 Å². The number of anilines is 1. The molecule has 3 N–H and O–H groups in total. The van der Waals surface area contributed by atoms with Gasteiger partial charge in [0, 0.05) is 6.61 Å². The number of nitrogens with two attached hydrogens (primary N) is 1. The topological polar surface area (TPSA) is 82.3 Å². The lowest BCUT2D eigenvalue weighted by molar-refractivity contribution is 0.0804. The molecule has 0 aliphatic carbocycles. The maximum Gasteiger partial charge on any atom is 0.233 e. The minimum atomic E-state index is 0.437. The number of ether oxygens (including phenoxy) is 2. The van der Waals surface area contributed by atoms with E-state index in [-0.39, 0.29) is 0 Å². The second kappa shape index (κ2) is 7.41. The zero-order valence-electron chi connectivity index (χ0n) is 9.94. The van der Waals surface area contributed by atoms with Gasteiger partial charge in [-0.3, -0.25) is 0 Å². The van der Waals surface area contributed by atoms with Gasteiger partial charge in [0.15, 0.2) is 5.82 Å². The lowest BCUT2D eigenvalue weighted by Gasteiger charge is -2.10. The fourth-order valence-corrected chi connectivity index (χ4v) is 1.50. The second-order valence-electron chi connectivity index (χ2n) is 3.80. The molecule has 0 saturated heterocycles. The summed E-state index contributed by atoms with van der Waals surface area (Å²) >= 11 is 3.30. The molecule has 1 heterocycles. The van der Waals surface area contributed by atoms with Gasteiger partial charge in [-0.05, 0) is 21.8 Å². The standard InChI is InChI=1S/C10H17BrN4O2/c1-7(2)5-16-3-4-17-10-8(11)9(15-12)13-6-14-10/h6-7H,3-5,12H2,1-2H3,(H,13,14,15). The third-order valence-electron chi connectivity index (χ3n) is 1.81. The zero-order chi connectivity index (χ0) is 12.7. The molecule has 0 aliphatic heterocycles. The molecule has 1 rings (SSSR count). The summed E-state index contributed by atoms with van der Waals surface area (Å²) in [6, 6.07) is 0. The molecule has 1 aromatic heterocycles. The van der Waals surface area contributed by atoms with Gasteiger partial charge in [-0.15, -0.1) is 0 Å². The highest BCUT2D eigenvalue weighted by Crippen LogP contribution is 2.27. The number of hydrazine groups is 1. The number of nitrogen functional groups attached to an aromatic ring is 1. The second-order valence-corrected chi connectivity index (χ2v) is 4.60. The van der Waals surface area contributed by atoms with Crippen molar-refractivity contribution in [1.29, 1.82) is 0 Å². The van der Waals surface area contributed by atoms with Crippen LogP contribution in [0, 0.1) is 5.92 Å². The molecule has 1 aromatic rings. The van der Waals surface area contributed by atoms with E-state index in [9.17, 15) is 0 Å². The van der Waals surface area contributed by atoms with Crippen LogP contribution in [0.5, 0.6) is 5.88 Å². The quantitative estimate of drug-likeness (QED) is 0.452. The van der Waals surface area contributed by atoms with Crippen molar-refractivity contribution in [2.45, 2.75) is 13.8 Å². The largest absolute Gasteiger partial charge is 0.474 e. The van der Waals surface area contributed by atoms with E-state index in [2.05, 4.69) is 45.2 Å². The minimum Gasteiger partial charge on any atom is -0.474 e. The van der Waals surface area contributed by atoms with E-state index < -0.39 is 0 Å². The first kappa shape index (κ1) is 14.1. The van der Waals surface area contributed by atoms with Crippen LogP contribution in [0.25, 0.3) is 0 Å². The van der Waals surface area contributed by atoms with Crippen molar-refractivity contribution < 1.29 is 9.47 Å². The molecular formula is C10H17BrN4O2. The van der Waals surface area contributed by atoms with Gasteiger partial charge in [0.2, 0.25) is 5.88 Å². The number of aromatic nitrogens is 2. The first-order valence-electron chi connectivity index (χ1n) is 5.32. The highest BCUT2D eigenvalue weighted by Gasteiger charge is 2.08. The third kappa shape index (κ3) is 4.84. The molecule has 7 heteroatoms. The molecule has 0 atom stereocenters. The maximum atomic E-state index is 5.44. The Hall–Kier alpha value is -0.920. The number of hydrogen-bond acceptors (Lipinski definition) is 6. The third-order valence-corrected chi connectivity index (χ3v) is 2.53. The van der Waals surface area contributed by atoms with E-state index in [0.717, 1.165) is 6.61 Å². The van der Waals surface area contributed by atoms with Crippen molar-refractivity contribution in [3.8, 4) is 5.88 Å². The first-order chi connectivity index (χ1) is 8.15. The molecule has 0 aromatic carbocycles. The normalized spacial score (nSPS) is 10.6. The van der Waals surface area contributed by atoms with E-state index >= 15 is 0 Å². The molecule has 0 spiro atoms. The van der Waals surface area contributed by atoms with Crippen molar-refractivity contribution in [1.82, 2.24) is 9.97 Å². The summed E-state index contributed by atoms with van der Waals surface area (Å²) in [5, 5.41) is 0. The predicted octanol–water partition coefficient (Wildman–Crippen LogP) is 1.58. The Kier molecular flexibility index (Phi) is 6.17. The number of rotatable bonds is 7. The maximum absolute atomic E-state index is 5.44. The number of nitrogens with one attached hydrogen (secondary N) is 1. The highest BCUT2D eigenvalue weighted by atomic mass is 79.9. The van der Waals surface area contributed by atoms with Crippen LogP contribution < -0.4 is 16.0 Å². The minimum absolute atomic E-state index is 0.437. The summed E-state index contributed by atoms with van der Waals surface area (Å²) in [4.78, 5) is 7.91. The fraction of sp³-hybridized carbons (Fsp3) is 0.600. The SMILES string of the molecule is CC(C)COCCOc1ncnc(NN)c1Br. The van der Waals surface area contributed by atoms with Crippen LogP contribution in [0.15, 0.2) is 10.8 Å². The summed E-state index contributed by atoms with van der Waals surface area (Å²) < 4.78 is 11.4. The van der Waals surface area contributed by atoms with Crippen LogP contribution >= 0.6 is 15.9 Å². The fourth-order valence-electron chi connectivity index (χ4n) is 1.07. The van der Waals surface area contributed by atoms with E-state index in [1.807, 2.05) is 0 Å². The van der Waals surface area contributed by atoms with Crippen LogP contribution in [-0.4, -0.2) is 29.8 Å².